The van der Waals surface area contributed by atoms with Crippen molar-refractivity contribution in [2.75, 3.05) is 5.73 Å². The van der Waals surface area contributed by atoms with Crippen molar-refractivity contribution in [2.45, 2.75) is 6.92 Å². The van der Waals surface area contributed by atoms with Crippen molar-refractivity contribution in [3.8, 4) is 22.8 Å². The van der Waals surface area contributed by atoms with Gasteiger partial charge in [-0.3, -0.25) is 0 Å². The maximum Gasteiger partial charge on any atom is 0.262 e. The lowest BCUT2D eigenvalue weighted by molar-refractivity contribution is 0.502. The summed E-state index contributed by atoms with van der Waals surface area (Å²) in [5, 5.41) is 0. The number of nitrogens with two attached hydrogens (primary N) is 1. The summed E-state index contributed by atoms with van der Waals surface area (Å²) in [6.45, 7) is 1.91. The summed E-state index contributed by atoms with van der Waals surface area (Å²) < 4.78 is 10.9. The molecule has 90 valence electrons. The largest absolute Gasteiger partial charge is 0.456 e. The predicted molar refractivity (Wildman–Crippen MR) is 68.8 cm³/mol. The van der Waals surface area contributed by atoms with Gasteiger partial charge >= 0.3 is 0 Å². The van der Waals surface area contributed by atoms with Crippen LogP contribution in [-0.2, 0) is 0 Å². The average Bonchev–Trinajstić information content (AvgIpc) is 2.99. The van der Waals surface area contributed by atoms with E-state index in [1.54, 1.807) is 6.20 Å². The molecule has 4 nitrogen and oxygen atoms in total. The van der Waals surface area contributed by atoms with E-state index in [0.717, 1.165) is 22.6 Å². The topological polar surface area (TPSA) is 65.2 Å². The van der Waals surface area contributed by atoms with Crippen LogP contribution in [0, 0.1) is 6.92 Å². The molecule has 18 heavy (non-hydrogen) atoms. The van der Waals surface area contributed by atoms with Gasteiger partial charge in [0.25, 0.3) is 5.89 Å². The molecule has 0 saturated carbocycles. The van der Waals surface area contributed by atoms with Crippen molar-refractivity contribution in [1.29, 1.82) is 0 Å². The number of hydrogen-bond donors (Lipinski definition) is 1. The number of rotatable bonds is 2. The molecule has 2 aromatic heterocycles. The molecule has 4 heteroatoms. The Morgan fingerprint density at radius 3 is 2.61 bits per heavy atom. The second-order valence-electron chi connectivity index (χ2n) is 4.04. The second-order valence-corrected chi connectivity index (χ2v) is 4.04. The van der Waals surface area contributed by atoms with Crippen LogP contribution in [0.4, 0.5) is 5.69 Å². The first-order valence-electron chi connectivity index (χ1n) is 5.60. The summed E-state index contributed by atoms with van der Waals surface area (Å²) in [4.78, 5) is 4.07. The molecule has 0 fully saturated rings. The first-order valence-corrected chi connectivity index (χ1v) is 5.60. The van der Waals surface area contributed by atoms with Gasteiger partial charge in [0.2, 0.25) is 0 Å². The lowest BCUT2D eigenvalue weighted by atomic mass is 10.1. The van der Waals surface area contributed by atoms with E-state index in [1.807, 2.05) is 37.3 Å². The Balaban J connectivity index is 2.06. The highest BCUT2D eigenvalue weighted by molar-refractivity contribution is 5.71. The Kier molecular flexibility index (Phi) is 2.41. The molecule has 2 heterocycles. The van der Waals surface area contributed by atoms with Gasteiger partial charge in [-0.15, -0.1) is 0 Å². The fourth-order valence-corrected chi connectivity index (χ4v) is 1.88. The molecular weight excluding hydrogens is 228 g/mol. The number of aromatic nitrogens is 1. The molecule has 0 radical (unpaired) electrons. The summed E-state index contributed by atoms with van der Waals surface area (Å²) >= 11 is 0. The first kappa shape index (κ1) is 10.7. The number of benzene rings is 1. The van der Waals surface area contributed by atoms with Crippen LogP contribution < -0.4 is 5.73 Å². The normalized spacial score (nSPS) is 10.7. The van der Waals surface area contributed by atoms with Crippen molar-refractivity contribution in [2.24, 2.45) is 0 Å². The molecule has 0 amide bonds. The third kappa shape index (κ3) is 1.78. The van der Waals surface area contributed by atoms with Crippen LogP contribution in [0.1, 0.15) is 5.76 Å². The van der Waals surface area contributed by atoms with Gasteiger partial charge in [-0.05, 0) is 30.7 Å². The van der Waals surface area contributed by atoms with Crippen molar-refractivity contribution < 1.29 is 8.83 Å². The van der Waals surface area contributed by atoms with E-state index in [-0.39, 0.29) is 0 Å². The highest BCUT2D eigenvalue weighted by Crippen LogP contribution is 2.31. The smallest absolute Gasteiger partial charge is 0.262 e. The summed E-state index contributed by atoms with van der Waals surface area (Å²) in [6.07, 6.45) is 3.12. The van der Waals surface area contributed by atoms with Gasteiger partial charge in [-0.25, -0.2) is 4.98 Å². The Labute approximate surface area is 104 Å². The highest BCUT2D eigenvalue weighted by atomic mass is 16.4. The van der Waals surface area contributed by atoms with Gasteiger partial charge in [-0.2, -0.15) is 0 Å². The maximum atomic E-state index is 5.68. The number of nitrogen functional groups attached to an aromatic ring is 1. The van der Waals surface area contributed by atoms with Crippen LogP contribution in [0.25, 0.3) is 22.8 Å². The monoisotopic (exact) mass is 240 g/mol. The van der Waals surface area contributed by atoms with Gasteiger partial charge in [0, 0.05) is 11.3 Å². The zero-order valence-corrected chi connectivity index (χ0v) is 9.88. The third-order valence-electron chi connectivity index (χ3n) is 2.78. The summed E-state index contributed by atoms with van der Waals surface area (Å²) in [6, 6.07) is 9.59. The van der Waals surface area contributed by atoms with Crippen LogP contribution in [0.3, 0.4) is 0 Å². The minimum Gasteiger partial charge on any atom is -0.456 e. The van der Waals surface area contributed by atoms with Crippen molar-refractivity contribution in [3.05, 3.63) is 48.6 Å². The average molecular weight is 240 g/mol. The maximum absolute atomic E-state index is 5.68. The van der Waals surface area contributed by atoms with Crippen molar-refractivity contribution >= 4 is 5.69 Å². The molecule has 0 atom stereocenters. The molecule has 0 bridgehead atoms. The quantitative estimate of drug-likeness (QED) is 0.696. The van der Waals surface area contributed by atoms with E-state index >= 15 is 0 Å². The van der Waals surface area contributed by atoms with Gasteiger partial charge in [0.1, 0.15) is 12.0 Å². The van der Waals surface area contributed by atoms with Gasteiger partial charge in [0.05, 0.1) is 6.20 Å². The Morgan fingerprint density at radius 2 is 1.94 bits per heavy atom. The van der Waals surface area contributed by atoms with E-state index in [1.165, 1.54) is 6.26 Å². The first-order chi connectivity index (χ1) is 8.74. The zero-order chi connectivity index (χ0) is 12.5. The Hall–Kier alpha value is -2.49. The minimum absolute atomic E-state index is 0.486. The van der Waals surface area contributed by atoms with Crippen LogP contribution in [0.15, 0.2) is 51.6 Å². The number of hydrogen-bond acceptors (Lipinski definition) is 4. The Bertz CT molecular complexity index is 652. The zero-order valence-electron chi connectivity index (χ0n) is 9.88. The molecular formula is C14H12N2O2. The van der Waals surface area contributed by atoms with Gasteiger partial charge in [-0.1, -0.05) is 12.1 Å². The van der Waals surface area contributed by atoms with Crippen LogP contribution >= 0.6 is 0 Å². The second kappa shape index (κ2) is 4.07. The standard InChI is InChI=1S/C14H12N2O2/c1-9-12(10-2-4-11(15)5-3-10)8-13(18-9)14-16-6-7-17-14/h2-8H,15H2,1H3. The molecule has 2 N–H and O–H groups in total. The molecule has 3 aromatic rings. The predicted octanol–water partition coefficient (Wildman–Crippen LogP) is 3.49. The molecule has 0 aliphatic rings. The lowest BCUT2D eigenvalue weighted by Crippen LogP contribution is -1.83. The lowest BCUT2D eigenvalue weighted by Gasteiger charge is -1.99. The van der Waals surface area contributed by atoms with Crippen molar-refractivity contribution in [1.82, 2.24) is 4.98 Å². The van der Waals surface area contributed by atoms with E-state index in [9.17, 15) is 0 Å². The third-order valence-corrected chi connectivity index (χ3v) is 2.78. The van der Waals surface area contributed by atoms with E-state index < -0.39 is 0 Å². The van der Waals surface area contributed by atoms with E-state index in [2.05, 4.69) is 4.98 Å². The highest BCUT2D eigenvalue weighted by Gasteiger charge is 2.13. The molecule has 0 saturated heterocycles. The SMILES string of the molecule is Cc1oc(-c2ncco2)cc1-c1ccc(N)cc1. The van der Waals surface area contributed by atoms with Gasteiger partial charge < -0.3 is 14.6 Å². The number of aryl methyl sites for hydroxylation is 1. The summed E-state index contributed by atoms with van der Waals surface area (Å²) in [7, 11) is 0. The number of anilines is 1. The van der Waals surface area contributed by atoms with E-state index in [0.29, 0.717) is 11.7 Å². The van der Waals surface area contributed by atoms with Crippen LogP contribution in [0.2, 0.25) is 0 Å². The molecule has 0 aliphatic heterocycles. The number of furan rings is 1. The van der Waals surface area contributed by atoms with Gasteiger partial charge in [0.15, 0.2) is 5.76 Å². The summed E-state index contributed by atoms with van der Waals surface area (Å²) in [5.41, 5.74) is 8.50. The molecule has 0 aliphatic carbocycles. The fraction of sp³-hybridized carbons (Fsp3) is 0.0714. The molecule has 0 spiro atoms. The van der Waals surface area contributed by atoms with E-state index in [4.69, 9.17) is 14.6 Å². The minimum atomic E-state index is 0.486. The number of oxazole rings is 1. The van der Waals surface area contributed by atoms with Crippen LogP contribution in [0.5, 0.6) is 0 Å². The molecule has 0 unspecified atom stereocenters. The number of nitrogens with zero attached hydrogens (tertiary/aromatic N) is 1. The van der Waals surface area contributed by atoms with Crippen LogP contribution in [-0.4, -0.2) is 4.98 Å². The molecule has 1 aromatic carbocycles. The molecule has 3 rings (SSSR count). The van der Waals surface area contributed by atoms with Crippen molar-refractivity contribution in [3.63, 3.8) is 0 Å². The summed E-state index contributed by atoms with van der Waals surface area (Å²) in [5.74, 6) is 1.94. The Morgan fingerprint density at radius 1 is 1.17 bits per heavy atom. The fourth-order valence-electron chi connectivity index (χ4n) is 1.88.